The maximum absolute atomic E-state index is 13.1. The molecule has 1 aliphatic heterocycles. The highest BCUT2D eigenvalue weighted by Crippen LogP contribution is 2.30. The molecule has 1 aromatic heterocycles. The first-order valence-corrected chi connectivity index (χ1v) is 17.1. The monoisotopic (exact) mass is 743 g/mol. The lowest BCUT2D eigenvalue weighted by Crippen LogP contribution is -2.47. The Kier molecular flexibility index (Phi) is 13.9. The van der Waals surface area contributed by atoms with Gasteiger partial charge in [0.05, 0.1) is 24.9 Å². The molecule has 11 heteroatoms. The summed E-state index contributed by atoms with van der Waals surface area (Å²) in [4.78, 5) is 21.5. The number of benzene rings is 4. The largest absolute Gasteiger partial charge is 0.497 e. The van der Waals surface area contributed by atoms with E-state index in [0.717, 1.165) is 48.7 Å². The second kappa shape index (κ2) is 18.9. The first-order valence-electron chi connectivity index (χ1n) is 16.7. The third-order valence-corrected chi connectivity index (χ3v) is 8.73. The zero-order valence-electron chi connectivity index (χ0n) is 28.8. The van der Waals surface area contributed by atoms with Gasteiger partial charge >= 0.3 is 0 Å². The summed E-state index contributed by atoms with van der Waals surface area (Å²) in [6.07, 6.45) is 5.72. The van der Waals surface area contributed by atoms with Gasteiger partial charge in [-0.2, -0.15) is 0 Å². The van der Waals surface area contributed by atoms with Gasteiger partial charge in [-0.05, 0) is 70.8 Å². The van der Waals surface area contributed by atoms with E-state index in [-0.39, 0.29) is 24.1 Å². The molecule has 0 atom stereocenters. The van der Waals surface area contributed by atoms with Crippen LogP contribution in [-0.2, 0) is 24.4 Å². The number of aromatic nitrogens is 1. The number of rotatable bonds is 14. The summed E-state index contributed by atoms with van der Waals surface area (Å²) < 4.78 is 35.8. The molecule has 5 aromatic rings. The number of piperazine rings is 1. The molecule has 1 fully saturated rings. The molecular formula is C41H40Cl2FN3O5. The van der Waals surface area contributed by atoms with Gasteiger partial charge in [0.2, 0.25) is 11.8 Å². The van der Waals surface area contributed by atoms with Crippen LogP contribution in [0.4, 0.5) is 4.39 Å². The van der Waals surface area contributed by atoms with Gasteiger partial charge in [0.1, 0.15) is 35.4 Å². The van der Waals surface area contributed by atoms with Crippen LogP contribution in [0.15, 0.2) is 115 Å². The summed E-state index contributed by atoms with van der Waals surface area (Å²) in [6, 6.07) is 31.2. The Hall–Kier alpha value is -5.09. The Bertz CT molecular complexity index is 1920. The molecule has 4 aromatic carbocycles. The standard InChI is InChI=1S/C41H39ClFN3O5.ClH/c1-48-35-3-2-4-36(26-35)49-24-19-30-5-7-32(8-6-30)28-45-20-22-46(23-21-45)41(47)18-12-31-11-16-39(38(42)25-31)51-40-17-15-37(27-44-40)50-29-33-9-13-34(43)14-10-33;/h2-18,25-27H,19-24,28-29H2,1H3;1H/b18-12+;. The molecule has 1 aliphatic rings. The van der Waals surface area contributed by atoms with Gasteiger partial charge < -0.3 is 23.8 Å². The smallest absolute Gasteiger partial charge is 0.246 e. The third kappa shape index (κ3) is 11.2. The molecule has 52 heavy (non-hydrogen) atoms. The van der Waals surface area contributed by atoms with Gasteiger partial charge in [0.15, 0.2) is 0 Å². The topological polar surface area (TPSA) is 73.4 Å². The van der Waals surface area contributed by atoms with E-state index in [1.165, 1.54) is 23.3 Å². The van der Waals surface area contributed by atoms with Crippen molar-refractivity contribution >= 4 is 36.0 Å². The highest BCUT2D eigenvalue weighted by molar-refractivity contribution is 6.32. The van der Waals surface area contributed by atoms with Crippen LogP contribution >= 0.6 is 24.0 Å². The lowest BCUT2D eigenvalue weighted by molar-refractivity contribution is -0.127. The molecule has 270 valence electrons. The number of carbonyl (C=O) groups is 1. The Morgan fingerprint density at radius 1 is 0.827 bits per heavy atom. The molecule has 0 unspecified atom stereocenters. The summed E-state index contributed by atoms with van der Waals surface area (Å²) in [7, 11) is 1.65. The van der Waals surface area contributed by atoms with E-state index < -0.39 is 0 Å². The van der Waals surface area contributed by atoms with Crippen molar-refractivity contribution in [2.45, 2.75) is 19.6 Å². The van der Waals surface area contributed by atoms with Gasteiger partial charge in [0.25, 0.3) is 0 Å². The molecule has 0 radical (unpaired) electrons. The first-order chi connectivity index (χ1) is 24.9. The van der Waals surface area contributed by atoms with Crippen molar-refractivity contribution in [2.75, 3.05) is 39.9 Å². The molecule has 0 bridgehead atoms. The van der Waals surface area contributed by atoms with Crippen molar-refractivity contribution in [2.24, 2.45) is 0 Å². The minimum Gasteiger partial charge on any atom is -0.497 e. The fourth-order valence-corrected chi connectivity index (χ4v) is 5.75. The number of hydrogen-bond acceptors (Lipinski definition) is 7. The Morgan fingerprint density at radius 3 is 2.27 bits per heavy atom. The molecule has 0 aliphatic carbocycles. The van der Waals surface area contributed by atoms with Crippen molar-refractivity contribution in [3.05, 3.63) is 148 Å². The third-order valence-electron chi connectivity index (χ3n) is 8.43. The first kappa shape index (κ1) is 38.1. The Morgan fingerprint density at radius 2 is 1.56 bits per heavy atom. The maximum Gasteiger partial charge on any atom is 0.246 e. The average Bonchev–Trinajstić information content (AvgIpc) is 3.16. The number of hydrogen-bond donors (Lipinski definition) is 0. The van der Waals surface area contributed by atoms with E-state index in [0.29, 0.717) is 48.7 Å². The molecule has 0 spiro atoms. The normalized spacial score (nSPS) is 13.0. The predicted octanol–water partition coefficient (Wildman–Crippen LogP) is 8.65. The molecule has 8 nitrogen and oxygen atoms in total. The average molecular weight is 745 g/mol. The second-order valence-corrected chi connectivity index (χ2v) is 12.5. The van der Waals surface area contributed by atoms with Crippen LogP contribution in [0.3, 0.4) is 0 Å². The Balaban J connectivity index is 0.00000523. The molecule has 1 saturated heterocycles. The summed E-state index contributed by atoms with van der Waals surface area (Å²) >= 11 is 6.50. The van der Waals surface area contributed by atoms with Crippen molar-refractivity contribution in [1.82, 2.24) is 14.8 Å². The minimum atomic E-state index is -0.289. The quantitative estimate of drug-likeness (QED) is 0.105. The van der Waals surface area contributed by atoms with Crippen molar-refractivity contribution in [3.8, 4) is 28.9 Å². The van der Waals surface area contributed by atoms with Crippen molar-refractivity contribution < 1.29 is 28.1 Å². The van der Waals surface area contributed by atoms with E-state index in [1.54, 1.807) is 61.9 Å². The van der Waals surface area contributed by atoms with Gasteiger partial charge in [0, 0.05) is 57.4 Å². The molecule has 6 rings (SSSR count). The van der Waals surface area contributed by atoms with E-state index in [9.17, 15) is 9.18 Å². The van der Waals surface area contributed by atoms with Gasteiger partial charge in [-0.25, -0.2) is 9.37 Å². The van der Waals surface area contributed by atoms with E-state index in [1.807, 2.05) is 35.2 Å². The zero-order valence-corrected chi connectivity index (χ0v) is 30.3. The number of amides is 1. The predicted molar refractivity (Wildman–Crippen MR) is 203 cm³/mol. The summed E-state index contributed by atoms with van der Waals surface area (Å²) in [5, 5.41) is 0.395. The number of halogens is 3. The Labute approximate surface area is 314 Å². The molecule has 0 N–H and O–H groups in total. The molecule has 1 amide bonds. The highest BCUT2D eigenvalue weighted by atomic mass is 35.5. The van der Waals surface area contributed by atoms with E-state index in [4.69, 9.17) is 30.5 Å². The fraction of sp³-hybridized carbons (Fsp3) is 0.220. The van der Waals surface area contributed by atoms with Crippen LogP contribution in [0.1, 0.15) is 22.3 Å². The van der Waals surface area contributed by atoms with Gasteiger partial charge in [-0.1, -0.05) is 60.1 Å². The lowest BCUT2D eigenvalue weighted by atomic mass is 10.1. The number of nitrogens with zero attached hydrogens (tertiary/aromatic N) is 3. The number of carbonyl (C=O) groups excluding carboxylic acids is 1. The SMILES string of the molecule is COc1cccc(OCCc2ccc(CN3CCN(C(=O)/C=C/c4ccc(Oc5ccc(OCc6ccc(F)cc6)cn5)c(Cl)c4)CC3)cc2)c1.Cl. The fourth-order valence-electron chi connectivity index (χ4n) is 5.52. The molecule has 2 heterocycles. The van der Waals surface area contributed by atoms with Crippen molar-refractivity contribution in [3.63, 3.8) is 0 Å². The number of methoxy groups -OCH3 is 1. The maximum atomic E-state index is 13.1. The zero-order chi connectivity index (χ0) is 35.4. The summed E-state index contributed by atoms with van der Waals surface area (Å²) in [5.74, 6) is 2.61. The summed E-state index contributed by atoms with van der Waals surface area (Å²) in [6.45, 7) is 4.68. The number of pyridine rings is 1. The van der Waals surface area contributed by atoms with Gasteiger partial charge in [-0.3, -0.25) is 9.69 Å². The molecular weight excluding hydrogens is 704 g/mol. The highest BCUT2D eigenvalue weighted by Gasteiger charge is 2.20. The second-order valence-electron chi connectivity index (χ2n) is 12.1. The van der Waals surface area contributed by atoms with Crippen LogP contribution < -0.4 is 18.9 Å². The van der Waals surface area contributed by atoms with Crippen LogP contribution in [0.5, 0.6) is 28.9 Å². The molecule has 0 saturated carbocycles. The van der Waals surface area contributed by atoms with E-state index >= 15 is 0 Å². The minimum absolute atomic E-state index is 0. The van der Waals surface area contributed by atoms with Crippen LogP contribution in [0.2, 0.25) is 5.02 Å². The van der Waals surface area contributed by atoms with Gasteiger partial charge in [-0.15, -0.1) is 12.4 Å². The van der Waals surface area contributed by atoms with Crippen LogP contribution in [0.25, 0.3) is 6.08 Å². The lowest BCUT2D eigenvalue weighted by Gasteiger charge is -2.34. The van der Waals surface area contributed by atoms with Crippen LogP contribution in [0, 0.1) is 5.82 Å². The van der Waals surface area contributed by atoms with E-state index in [2.05, 4.69) is 34.1 Å². The van der Waals surface area contributed by atoms with Crippen molar-refractivity contribution in [1.29, 1.82) is 0 Å². The van der Waals surface area contributed by atoms with Crippen LogP contribution in [-0.4, -0.2) is 60.6 Å². The summed E-state index contributed by atoms with van der Waals surface area (Å²) in [5.41, 5.74) is 4.10. The number of ether oxygens (including phenoxy) is 4.